The number of hydrogen-bond acceptors (Lipinski definition) is 7. The number of rotatable bonds is 11. The number of ether oxygens (including phenoxy) is 4. The van der Waals surface area contributed by atoms with E-state index in [1.54, 1.807) is 30.2 Å². The predicted octanol–water partition coefficient (Wildman–Crippen LogP) is 6.12. The number of amides is 1. The van der Waals surface area contributed by atoms with E-state index in [1.807, 2.05) is 12.1 Å². The van der Waals surface area contributed by atoms with Crippen LogP contribution in [0.2, 0.25) is 0 Å². The molecule has 1 saturated heterocycles. The molecule has 2 aliphatic heterocycles. The van der Waals surface area contributed by atoms with Gasteiger partial charge in [0.15, 0.2) is 6.79 Å². The lowest BCUT2D eigenvalue weighted by atomic mass is 9.80. The zero-order valence-corrected chi connectivity index (χ0v) is 27.7. The maximum absolute atomic E-state index is 13.8. The minimum atomic E-state index is -3.60. The summed E-state index contributed by atoms with van der Waals surface area (Å²) in [4.78, 5) is 15.5. The van der Waals surface area contributed by atoms with Crippen LogP contribution < -0.4 is 14.4 Å². The fourth-order valence-corrected chi connectivity index (χ4v) is 6.47. The summed E-state index contributed by atoms with van der Waals surface area (Å²) in [6.07, 6.45) is 3.88. The third-order valence-electron chi connectivity index (χ3n) is 8.31. The van der Waals surface area contributed by atoms with Gasteiger partial charge in [-0.1, -0.05) is 51.1 Å². The number of carbonyl (C=O) groups excluding carboxylic acids is 1. The number of anilines is 2. The SMILES string of the molecule is COCCOCOc1ccc(N2CCc3cc(-c4ccc(C(C)(C)C)cc4C4CCCOC4)ccc3C2=O)cc1NS(C)(=O)=O. The van der Waals surface area contributed by atoms with Crippen LogP contribution in [0, 0.1) is 0 Å². The third-order valence-corrected chi connectivity index (χ3v) is 8.90. The van der Waals surface area contributed by atoms with Crippen LogP contribution in [0.5, 0.6) is 5.75 Å². The zero-order valence-electron chi connectivity index (χ0n) is 26.9. The quantitative estimate of drug-likeness (QED) is 0.200. The Hall–Kier alpha value is -3.44. The molecule has 1 amide bonds. The molecule has 0 aliphatic carbocycles. The molecule has 0 bridgehead atoms. The zero-order chi connectivity index (χ0) is 32.2. The first-order valence-electron chi connectivity index (χ1n) is 15.4. The second-order valence-electron chi connectivity index (χ2n) is 12.8. The van der Waals surface area contributed by atoms with Crippen LogP contribution in [0.1, 0.15) is 66.6 Å². The van der Waals surface area contributed by atoms with Crippen LogP contribution in [0.15, 0.2) is 54.6 Å². The van der Waals surface area contributed by atoms with E-state index >= 15 is 0 Å². The Balaban J connectivity index is 1.41. The average molecular weight is 637 g/mol. The van der Waals surface area contributed by atoms with E-state index < -0.39 is 10.0 Å². The minimum absolute atomic E-state index is 0.0351. The summed E-state index contributed by atoms with van der Waals surface area (Å²) in [7, 11) is -2.03. The molecule has 1 N–H and O–H groups in total. The Bertz CT molecular complexity index is 1630. The Kier molecular flexibility index (Phi) is 10.2. The van der Waals surface area contributed by atoms with Crippen molar-refractivity contribution in [3.63, 3.8) is 0 Å². The number of fused-ring (bicyclic) bond motifs is 1. The van der Waals surface area contributed by atoms with Gasteiger partial charge >= 0.3 is 0 Å². The number of nitrogens with one attached hydrogen (secondary N) is 1. The van der Waals surface area contributed by atoms with E-state index in [0.717, 1.165) is 43.4 Å². The van der Waals surface area contributed by atoms with Gasteiger partial charge in [-0.15, -0.1) is 0 Å². The van der Waals surface area contributed by atoms with Crippen molar-refractivity contribution >= 4 is 27.3 Å². The van der Waals surface area contributed by atoms with Gasteiger partial charge in [0.05, 0.1) is 31.8 Å². The predicted molar refractivity (Wildman–Crippen MR) is 177 cm³/mol. The highest BCUT2D eigenvalue weighted by Crippen LogP contribution is 2.39. The molecule has 10 heteroatoms. The van der Waals surface area contributed by atoms with Crippen molar-refractivity contribution in [3.05, 3.63) is 76.9 Å². The Morgan fingerprint density at radius 1 is 1.02 bits per heavy atom. The minimum Gasteiger partial charge on any atom is -0.465 e. The number of methoxy groups -OCH3 is 1. The summed E-state index contributed by atoms with van der Waals surface area (Å²) in [5, 5.41) is 0. The number of sulfonamides is 1. The first-order valence-corrected chi connectivity index (χ1v) is 17.3. The molecule has 3 aromatic rings. The second-order valence-corrected chi connectivity index (χ2v) is 14.5. The molecule has 0 aromatic heterocycles. The molecule has 0 spiro atoms. The fraction of sp³-hybridized carbons (Fsp3) is 0.457. The lowest BCUT2D eigenvalue weighted by Gasteiger charge is -2.30. The largest absolute Gasteiger partial charge is 0.465 e. The highest BCUT2D eigenvalue weighted by Gasteiger charge is 2.28. The van der Waals surface area contributed by atoms with Gasteiger partial charge in [-0.05, 0) is 76.8 Å². The van der Waals surface area contributed by atoms with Gasteiger partial charge in [-0.2, -0.15) is 0 Å². The van der Waals surface area contributed by atoms with Crippen LogP contribution in [0.3, 0.4) is 0 Å². The van der Waals surface area contributed by atoms with Gasteiger partial charge in [0.2, 0.25) is 10.0 Å². The van der Waals surface area contributed by atoms with E-state index in [-0.39, 0.29) is 23.8 Å². The smallest absolute Gasteiger partial charge is 0.258 e. The number of carbonyl (C=O) groups is 1. The lowest BCUT2D eigenvalue weighted by Crippen LogP contribution is -2.37. The van der Waals surface area contributed by atoms with Crippen molar-refractivity contribution in [1.29, 1.82) is 0 Å². The molecule has 1 fully saturated rings. The van der Waals surface area contributed by atoms with Crippen LogP contribution in [-0.2, 0) is 36.1 Å². The molecule has 2 heterocycles. The number of benzene rings is 3. The fourth-order valence-electron chi connectivity index (χ4n) is 5.92. The van der Waals surface area contributed by atoms with E-state index in [1.165, 1.54) is 16.7 Å². The molecule has 2 aliphatic rings. The van der Waals surface area contributed by atoms with E-state index in [0.29, 0.717) is 49.1 Å². The maximum atomic E-state index is 13.8. The molecular formula is C35H44N2O7S. The van der Waals surface area contributed by atoms with Gasteiger partial charge in [-0.3, -0.25) is 9.52 Å². The topological polar surface area (TPSA) is 103 Å². The average Bonchev–Trinajstić information content (AvgIpc) is 3.00. The molecule has 1 atom stereocenters. The molecule has 242 valence electrons. The van der Waals surface area contributed by atoms with Gasteiger partial charge in [-0.25, -0.2) is 8.42 Å². The first kappa shape index (κ1) is 32.9. The summed E-state index contributed by atoms with van der Waals surface area (Å²) < 4.78 is 48.6. The van der Waals surface area contributed by atoms with Crippen molar-refractivity contribution in [1.82, 2.24) is 0 Å². The van der Waals surface area contributed by atoms with E-state index in [2.05, 4.69) is 49.8 Å². The van der Waals surface area contributed by atoms with Gasteiger partial charge < -0.3 is 23.8 Å². The third kappa shape index (κ3) is 8.05. The number of hydrogen-bond donors (Lipinski definition) is 1. The standard InChI is InChI=1S/C35H44N2O7S/c1-35(2,3)27-9-12-29(31(20-27)26-7-6-16-42-22-26)24-8-11-30-25(19-24)14-15-37(34(30)38)28-10-13-33(44-23-43-18-17-41-4)32(21-28)36-45(5,39)40/h8-13,19-21,26,36H,6-7,14-18,22-23H2,1-5H3. The summed E-state index contributed by atoms with van der Waals surface area (Å²) in [6.45, 7) is 9.38. The van der Waals surface area contributed by atoms with Crippen molar-refractivity contribution in [3.8, 4) is 16.9 Å². The van der Waals surface area contributed by atoms with E-state index in [4.69, 9.17) is 18.9 Å². The van der Waals surface area contributed by atoms with Crippen molar-refractivity contribution in [2.24, 2.45) is 0 Å². The molecule has 5 rings (SSSR count). The summed E-state index contributed by atoms with van der Waals surface area (Å²) in [6, 6.07) is 17.9. The van der Waals surface area contributed by atoms with Gasteiger partial charge in [0.25, 0.3) is 5.91 Å². The first-order chi connectivity index (χ1) is 21.4. The highest BCUT2D eigenvalue weighted by molar-refractivity contribution is 7.92. The monoisotopic (exact) mass is 636 g/mol. The van der Waals surface area contributed by atoms with Crippen molar-refractivity contribution < 1.29 is 32.2 Å². The highest BCUT2D eigenvalue weighted by atomic mass is 32.2. The summed E-state index contributed by atoms with van der Waals surface area (Å²) >= 11 is 0. The molecule has 0 saturated carbocycles. The lowest BCUT2D eigenvalue weighted by molar-refractivity contribution is -0.00814. The molecular weight excluding hydrogens is 592 g/mol. The Labute approximate surface area is 266 Å². The van der Waals surface area contributed by atoms with E-state index in [9.17, 15) is 13.2 Å². The van der Waals surface area contributed by atoms with Crippen LogP contribution in [0.4, 0.5) is 11.4 Å². The maximum Gasteiger partial charge on any atom is 0.258 e. The van der Waals surface area contributed by atoms with Crippen LogP contribution in [-0.4, -0.2) is 67.5 Å². The van der Waals surface area contributed by atoms with Gasteiger partial charge in [0, 0.05) is 37.4 Å². The molecule has 3 aromatic carbocycles. The van der Waals surface area contributed by atoms with Crippen molar-refractivity contribution in [2.45, 2.75) is 51.4 Å². The molecule has 45 heavy (non-hydrogen) atoms. The second kappa shape index (κ2) is 13.9. The normalized spacial score (nSPS) is 17.2. The molecule has 0 radical (unpaired) electrons. The molecule has 9 nitrogen and oxygen atoms in total. The van der Waals surface area contributed by atoms with Crippen molar-refractivity contribution in [2.75, 3.05) is 62.8 Å². The van der Waals surface area contributed by atoms with Crippen LogP contribution in [0.25, 0.3) is 11.1 Å². The Morgan fingerprint density at radius 3 is 2.53 bits per heavy atom. The van der Waals surface area contributed by atoms with Gasteiger partial charge in [0.1, 0.15) is 5.75 Å². The summed E-state index contributed by atoms with van der Waals surface area (Å²) in [5.41, 5.74) is 7.39. The Morgan fingerprint density at radius 2 is 1.82 bits per heavy atom. The van der Waals surface area contributed by atoms with Crippen LogP contribution >= 0.6 is 0 Å². The summed E-state index contributed by atoms with van der Waals surface area (Å²) in [5.74, 6) is 0.504. The molecule has 1 unspecified atom stereocenters. The number of nitrogens with zero attached hydrogens (tertiary/aromatic N) is 1.